The van der Waals surface area contributed by atoms with Crippen LogP contribution in [0.2, 0.25) is 5.02 Å². The van der Waals surface area contributed by atoms with Crippen LogP contribution in [0, 0.1) is 12.8 Å². The van der Waals surface area contributed by atoms with Gasteiger partial charge in [-0.05, 0) is 56.0 Å². The quantitative estimate of drug-likeness (QED) is 0.330. The van der Waals surface area contributed by atoms with Crippen LogP contribution < -0.4 is 9.62 Å². The van der Waals surface area contributed by atoms with Gasteiger partial charge in [-0.3, -0.25) is 13.9 Å². The normalized spacial score (nSPS) is 12.2. The maximum atomic E-state index is 13.9. The SMILES string of the molecule is Cc1ccc(S(=O)(=O)N(CC(=O)N(CCc2ccccc2)[C@H](C)C(=O)NCC(C)C)c2ccccc2Cl)cc1. The highest BCUT2D eigenvalue weighted by molar-refractivity contribution is 7.92. The Morgan fingerprint density at radius 2 is 1.51 bits per heavy atom. The van der Waals surface area contributed by atoms with Gasteiger partial charge in [0.25, 0.3) is 10.0 Å². The van der Waals surface area contributed by atoms with Gasteiger partial charge >= 0.3 is 0 Å². The largest absolute Gasteiger partial charge is 0.354 e. The fourth-order valence-corrected chi connectivity index (χ4v) is 5.75. The van der Waals surface area contributed by atoms with Crippen molar-refractivity contribution in [3.8, 4) is 0 Å². The monoisotopic (exact) mass is 569 g/mol. The summed E-state index contributed by atoms with van der Waals surface area (Å²) in [7, 11) is -4.16. The molecular formula is C30H36ClN3O4S. The Morgan fingerprint density at radius 1 is 0.897 bits per heavy atom. The van der Waals surface area contributed by atoms with Gasteiger partial charge in [0.1, 0.15) is 12.6 Å². The lowest BCUT2D eigenvalue weighted by Gasteiger charge is -2.32. The molecule has 0 unspecified atom stereocenters. The summed E-state index contributed by atoms with van der Waals surface area (Å²) >= 11 is 6.43. The number of halogens is 1. The molecule has 1 N–H and O–H groups in total. The van der Waals surface area contributed by atoms with Crippen LogP contribution in [0.1, 0.15) is 31.9 Å². The van der Waals surface area contributed by atoms with Gasteiger partial charge in [-0.25, -0.2) is 8.42 Å². The van der Waals surface area contributed by atoms with Gasteiger partial charge in [0.15, 0.2) is 0 Å². The van der Waals surface area contributed by atoms with Crippen LogP contribution in [0.15, 0.2) is 83.8 Å². The third-order valence-electron chi connectivity index (χ3n) is 6.35. The number of hydrogen-bond donors (Lipinski definition) is 1. The molecular weight excluding hydrogens is 534 g/mol. The fraction of sp³-hybridized carbons (Fsp3) is 0.333. The van der Waals surface area contributed by atoms with Gasteiger partial charge in [-0.15, -0.1) is 0 Å². The summed E-state index contributed by atoms with van der Waals surface area (Å²) in [4.78, 5) is 28.4. The average molecular weight is 570 g/mol. The van der Waals surface area contributed by atoms with Crippen molar-refractivity contribution in [3.05, 3.63) is 95.0 Å². The first kappa shape index (κ1) is 30.2. The molecule has 39 heavy (non-hydrogen) atoms. The van der Waals surface area contributed by atoms with Crippen LogP contribution in [0.4, 0.5) is 5.69 Å². The number of para-hydroxylation sites is 1. The topological polar surface area (TPSA) is 86.8 Å². The van der Waals surface area contributed by atoms with Gasteiger partial charge in [0, 0.05) is 13.1 Å². The number of nitrogens with one attached hydrogen (secondary N) is 1. The van der Waals surface area contributed by atoms with E-state index in [1.165, 1.54) is 17.0 Å². The van der Waals surface area contributed by atoms with Crippen molar-refractivity contribution < 1.29 is 18.0 Å². The predicted octanol–water partition coefficient (Wildman–Crippen LogP) is 5.08. The minimum Gasteiger partial charge on any atom is -0.354 e. The molecule has 2 amide bonds. The van der Waals surface area contributed by atoms with E-state index in [2.05, 4.69) is 5.32 Å². The van der Waals surface area contributed by atoms with Gasteiger partial charge < -0.3 is 10.2 Å². The van der Waals surface area contributed by atoms with Crippen LogP contribution in [-0.2, 0) is 26.0 Å². The number of hydrogen-bond acceptors (Lipinski definition) is 4. The molecule has 208 valence electrons. The lowest BCUT2D eigenvalue weighted by Crippen LogP contribution is -2.52. The molecule has 0 aliphatic heterocycles. The van der Waals surface area contributed by atoms with Crippen molar-refractivity contribution in [1.82, 2.24) is 10.2 Å². The second-order valence-corrected chi connectivity index (χ2v) is 12.2. The van der Waals surface area contributed by atoms with Crippen molar-refractivity contribution in [3.63, 3.8) is 0 Å². The summed E-state index contributed by atoms with van der Waals surface area (Å²) in [6.07, 6.45) is 0.505. The van der Waals surface area contributed by atoms with E-state index >= 15 is 0 Å². The highest BCUT2D eigenvalue weighted by Gasteiger charge is 2.33. The molecule has 9 heteroatoms. The molecule has 7 nitrogen and oxygen atoms in total. The van der Waals surface area contributed by atoms with Crippen LogP contribution in [0.5, 0.6) is 0 Å². The number of benzene rings is 3. The van der Waals surface area contributed by atoms with Crippen molar-refractivity contribution >= 4 is 39.1 Å². The summed E-state index contributed by atoms with van der Waals surface area (Å²) < 4.78 is 28.7. The number of carbonyl (C=O) groups is 2. The van der Waals surface area contributed by atoms with E-state index < -0.39 is 28.5 Å². The zero-order valence-electron chi connectivity index (χ0n) is 22.8. The van der Waals surface area contributed by atoms with E-state index in [9.17, 15) is 18.0 Å². The molecule has 0 aromatic heterocycles. The molecule has 0 bridgehead atoms. The number of carbonyl (C=O) groups excluding carboxylic acids is 2. The number of aryl methyl sites for hydroxylation is 1. The second kappa shape index (κ2) is 13.6. The molecule has 0 radical (unpaired) electrons. The molecule has 0 fully saturated rings. The van der Waals surface area contributed by atoms with Gasteiger partial charge in [-0.1, -0.05) is 85.6 Å². The van der Waals surface area contributed by atoms with Crippen LogP contribution in [0.3, 0.4) is 0 Å². The Balaban J connectivity index is 1.97. The summed E-state index contributed by atoms with van der Waals surface area (Å²) in [5, 5.41) is 3.08. The molecule has 0 aliphatic rings. The van der Waals surface area contributed by atoms with E-state index in [-0.39, 0.29) is 34.0 Å². The number of anilines is 1. The van der Waals surface area contributed by atoms with E-state index in [1.54, 1.807) is 43.3 Å². The maximum Gasteiger partial charge on any atom is 0.264 e. The van der Waals surface area contributed by atoms with E-state index in [4.69, 9.17) is 11.6 Å². The van der Waals surface area contributed by atoms with Gasteiger partial charge in [-0.2, -0.15) is 0 Å². The fourth-order valence-electron chi connectivity index (χ4n) is 4.03. The minimum atomic E-state index is -4.16. The number of sulfonamides is 1. The molecule has 3 aromatic rings. The highest BCUT2D eigenvalue weighted by Crippen LogP contribution is 2.30. The Hall–Kier alpha value is -3.36. The Morgan fingerprint density at radius 3 is 2.13 bits per heavy atom. The molecule has 0 heterocycles. The smallest absolute Gasteiger partial charge is 0.264 e. The lowest BCUT2D eigenvalue weighted by atomic mass is 10.1. The van der Waals surface area contributed by atoms with E-state index in [0.717, 1.165) is 15.4 Å². The highest BCUT2D eigenvalue weighted by atomic mass is 35.5. The lowest BCUT2D eigenvalue weighted by molar-refractivity contribution is -0.138. The molecule has 0 saturated carbocycles. The predicted molar refractivity (Wildman–Crippen MR) is 156 cm³/mol. The first-order valence-electron chi connectivity index (χ1n) is 13.0. The van der Waals surface area contributed by atoms with Crippen molar-refractivity contribution in [2.45, 2.75) is 45.1 Å². The molecule has 0 saturated heterocycles. The van der Waals surface area contributed by atoms with Crippen molar-refractivity contribution in [2.24, 2.45) is 5.92 Å². The third-order valence-corrected chi connectivity index (χ3v) is 8.44. The van der Waals surface area contributed by atoms with E-state index in [0.29, 0.717) is 13.0 Å². The maximum absolute atomic E-state index is 13.9. The Labute approximate surface area is 236 Å². The summed E-state index contributed by atoms with van der Waals surface area (Å²) in [5.74, 6) is -0.561. The standard InChI is InChI=1S/C30H36ClN3O4S/c1-22(2)20-32-30(36)24(4)33(19-18-25-10-6-5-7-11-25)29(35)21-34(28-13-9-8-12-27(28)31)39(37,38)26-16-14-23(3)15-17-26/h5-17,22,24H,18-21H2,1-4H3,(H,32,36)/t24-/m1/s1. The molecule has 0 aliphatic carbocycles. The average Bonchev–Trinajstić information content (AvgIpc) is 2.91. The minimum absolute atomic E-state index is 0.0411. The number of nitrogens with zero attached hydrogens (tertiary/aromatic N) is 2. The first-order chi connectivity index (χ1) is 18.5. The zero-order valence-corrected chi connectivity index (χ0v) is 24.4. The molecule has 3 aromatic carbocycles. The van der Waals surface area contributed by atoms with Crippen LogP contribution in [-0.4, -0.2) is 50.8 Å². The summed E-state index contributed by atoms with van der Waals surface area (Å²) in [5.41, 5.74) is 2.09. The van der Waals surface area contributed by atoms with Crippen molar-refractivity contribution in [1.29, 1.82) is 0 Å². The third kappa shape index (κ3) is 8.07. The number of rotatable bonds is 12. The Kier molecular flexibility index (Phi) is 10.5. The van der Waals surface area contributed by atoms with Crippen molar-refractivity contribution in [2.75, 3.05) is 23.9 Å². The van der Waals surface area contributed by atoms with Gasteiger partial charge in [0.05, 0.1) is 15.6 Å². The number of amides is 2. The van der Waals surface area contributed by atoms with Crippen LogP contribution >= 0.6 is 11.6 Å². The Bertz CT molecular complexity index is 1360. The zero-order chi connectivity index (χ0) is 28.6. The summed E-state index contributed by atoms with van der Waals surface area (Å²) in [6, 6.07) is 21.7. The summed E-state index contributed by atoms with van der Waals surface area (Å²) in [6.45, 7) is 7.68. The van der Waals surface area contributed by atoms with Gasteiger partial charge in [0.2, 0.25) is 11.8 Å². The molecule has 3 rings (SSSR count). The molecule has 0 spiro atoms. The van der Waals surface area contributed by atoms with Crippen LogP contribution in [0.25, 0.3) is 0 Å². The molecule has 1 atom stereocenters. The van der Waals surface area contributed by atoms with E-state index in [1.807, 2.05) is 51.1 Å². The first-order valence-corrected chi connectivity index (χ1v) is 14.8. The second-order valence-electron chi connectivity index (χ2n) is 9.91.